The molecule has 2 heterocycles. The second-order valence-corrected chi connectivity index (χ2v) is 6.09. The van der Waals surface area contributed by atoms with E-state index in [-0.39, 0.29) is 18.6 Å². The fraction of sp³-hybridized carbons (Fsp3) is 0.692. The predicted octanol–water partition coefficient (Wildman–Crippen LogP) is 1.98. The average molecular weight is 318 g/mol. The molecule has 1 aliphatic rings. The lowest BCUT2D eigenvalue weighted by molar-refractivity contribution is 0.0737. The maximum atomic E-state index is 12.3. The fourth-order valence-corrected chi connectivity index (χ4v) is 3.06. The van der Waals surface area contributed by atoms with Crippen LogP contribution in [0.1, 0.15) is 23.4 Å². The van der Waals surface area contributed by atoms with Crippen molar-refractivity contribution in [3.05, 3.63) is 16.1 Å². The zero-order chi connectivity index (χ0) is 15.2. The van der Waals surface area contributed by atoms with Gasteiger partial charge in [0.1, 0.15) is 0 Å². The number of hydrogen-bond acceptors (Lipinski definition) is 4. The van der Waals surface area contributed by atoms with Crippen LogP contribution in [0.4, 0.5) is 13.6 Å². The van der Waals surface area contributed by atoms with Gasteiger partial charge in [0.15, 0.2) is 0 Å². The molecule has 2 N–H and O–H groups in total. The van der Waals surface area contributed by atoms with Gasteiger partial charge < -0.3 is 10.6 Å². The molecular weight excluding hydrogens is 298 g/mol. The molecule has 1 saturated heterocycles. The van der Waals surface area contributed by atoms with E-state index in [1.807, 2.05) is 6.92 Å². The maximum Gasteiger partial charge on any atom is 0.315 e. The predicted molar refractivity (Wildman–Crippen MR) is 77.7 cm³/mol. The number of amides is 2. The van der Waals surface area contributed by atoms with Gasteiger partial charge in [-0.1, -0.05) is 0 Å². The number of thiazole rings is 1. The lowest BCUT2D eigenvalue weighted by Crippen LogP contribution is -2.48. The van der Waals surface area contributed by atoms with E-state index in [9.17, 15) is 13.6 Å². The van der Waals surface area contributed by atoms with Crippen LogP contribution in [0.2, 0.25) is 0 Å². The first-order valence-electron chi connectivity index (χ1n) is 6.98. The number of alkyl halides is 2. The lowest BCUT2D eigenvalue weighted by Gasteiger charge is -2.31. The molecule has 0 radical (unpaired) electrons. The van der Waals surface area contributed by atoms with Crippen LogP contribution in [0, 0.1) is 6.92 Å². The number of likely N-dealkylation sites (tertiary alicyclic amines) is 1. The van der Waals surface area contributed by atoms with Crippen molar-refractivity contribution in [3.8, 4) is 0 Å². The Labute approximate surface area is 126 Å². The molecule has 5 nitrogen and oxygen atoms in total. The van der Waals surface area contributed by atoms with Crippen LogP contribution in [0.5, 0.6) is 0 Å². The highest BCUT2D eigenvalue weighted by Gasteiger charge is 2.22. The quantitative estimate of drug-likeness (QED) is 0.873. The molecule has 0 bridgehead atoms. The van der Waals surface area contributed by atoms with E-state index in [0.717, 1.165) is 10.6 Å². The molecule has 1 aromatic heterocycles. The van der Waals surface area contributed by atoms with Gasteiger partial charge in [-0.15, -0.1) is 11.3 Å². The molecule has 1 aliphatic heterocycles. The number of piperidine rings is 1. The van der Waals surface area contributed by atoms with E-state index in [2.05, 4.69) is 15.6 Å². The van der Waals surface area contributed by atoms with Gasteiger partial charge >= 0.3 is 6.03 Å². The van der Waals surface area contributed by atoms with E-state index in [1.54, 1.807) is 10.4 Å². The standard InChI is InChI=1S/C13H20F2N4OS/c1-9-11(21-8-17-9)6-16-13(20)18-10-2-4-19(5-3-10)7-12(14)15/h8,10,12H,2-7H2,1H3,(H2,16,18,20). The number of carbonyl (C=O) groups is 1. The van der Waals surface area contributed by atoms with Crippen molar-refractivity contribution >= 4 is 17.4 Å². The van der Waals surface area contributed by atoms with Crippen molar-refractivity contribution in [3.63, 3.8) is 0 Å². The molecule has 2 amide bonds. The number of urea groups is 1. The van der Waals surface area contributed by atoms with Crippen LogP contribution < -0.4 is 10.6 Å². The van der Waals surface area contributed by atoms with Crippen LogP contribution in [0.25, 0.3) is 0 Å². The third kappa shape index (κ3) is 5.20. The van der Waals surface area contributed by atoms with Gasteiger partial charge in [0.25, 0.3) is 6.43 Å². The van der Waals surface area contributed by atoms with E-state index >= 15 is 0 Å². The fourth-order valence-electron chi connectivity index (χ4n) is 2.35. The topological polar surface area (TPSA) is 57.3 Å². The van der Waals surface area contributed by atoms with Gasteiger partial charge in [0, 0.05) is 24.0 Å². The molecule has 0 spiro atoms. The Morgan fingerprint density at radius 3 is 2.81 bits per heavy atom. The molecule has 0 unspecified atom stereocenters. The van der Waals surface area contributed by atoms with Gasteiger partial charge in [-0.2, -0.15) is 0 Å². The van der Waals surface area contributed by atoms with Crippen LogP contribution in [0.3, 0.4) is 0 Å². The molecule has 0 saturated carbocycles. The smallest absolute Gasteiger partial charge is 0.315 e. The lowest BCUT2D eigenvalue weighted by atomic mass is 10.1. The summed E-state index contributed by atoms with van der Waals surface area (Å²) in [7, 11) is 0. The molecule has 21 heavy (non-hydrogen) atoms. The summed E-state index contributed by atoms with van der Waals surface area (Å²) in [5, 5.41) is 5.70. The second kappa shape index (κ2) is 7.65. The zero-order valence-corrected chi connectivity index (χ0v) is 12.8. The second-order valence-electron chi connectivity index (χ2n) is 5.15. The van der Waals surface area contributed by atoms with Crippen LogP contribution >= 0.6 is 11.3 Å². The number of nitrogens with one attached hydrogen (secondary N) is 2. The number of aromatic nitrogens is 1. The first kappa shape index (κ1) is 16.1. The third-order valence-corrected chi connectivity index (χ3v) is 4.51. The van der Waals surface area contributed by atoms with E-state index < -0.39 is 6.43 Å². The van der Waals surface area contributed by atoms with Gasteiger partial charge in [0.05, 0.1) is 24.3 Å². The monoisotopic (exact) mass is 318 g/mol. The number of hydrogen-bond donors (Lipinski definition) is 2. The van der Waals surface area contributed by atoms with Crippen molar-refractivity contribution in [1.82, 2.24) is 20.5 Å². The van der Waals surface area contributed by atoms with Crippen molar-refractivity contribution in [2.24, 2.45) is 0 Å². The van der Waals surface area contributed by atoms with Crippen LogP contribution in [-0.4, -0.2) is 48.0 Å². The number of aryl methyl sites for hydroxylation is 1. The van der Waals surface area contributed by atoms with E-state index in [0.29, 0.717) is 32.5 Å². The summed E-state index contributed by atoms with van der Waals surface area (Å²) < 4.78 is 24.5. The minimum Gasteiger partial charge on any atom is -0.335 e. The third-order valence-electron chi connectivity index (χ3n) is 3.57. The first-order valence-corrected chi connectivity index (χ1v) is 7.86. The number of nitrogens with zero attached hydrogens (tertiary/aromatic N) is 2. The largest absolute Gasteiger partial charge is 0.335 e. The Bertz CT molecular complexity index is 461. The van der Waals surface area contributed by atoms with Gasteiger partial charge in [-0.3, -0.25) is 4.90 Å². The molecule has 8 heteroatoms. The maximum absolute atomic E-state index is 12.3. The molecule has 1 fully saturated rings. The van der Waals surface area contributed by atoms with Gasteiger partial charge in [-0.25, -0.2) is 18.6 Å². The highest BCUT2D eigenvalue weighted by molar-refractivity contribution is 7.09. The minimum absolute atomic E-state index is 0.0569. The van der Waals surface area contributed by atoms with Crippen LogP contribution in [-0.2, 0) is 6.54 Å². The van der Waals surface area contributed by atoms with Gasteiger partial charge in [-0.05, 0) is 19.8 Å². The van der Waals surface area contributed by atoms with Crippen molar-refractivity contribution < 1.29 is 13.6 Å². The van der Waals surface area contributed by atoms with Crippen molar-refractivity contribution in [2.75, 3.05) is 19.6 Å². The molecule has 0 aromatic carbocycles. The van der Waals surface area contributed by atoms with E-state index in [1.165, 1.54) is 11.3 Å². The Morgan fingerprint density at radius 1 is 1.52 bits per heavy atom. The molecule has 0 atom stereocenters. The molecule has 118 valence electrons. The Balaban J connectivity index is 1.66. The summed E-state index contributed by atoms with van der Waals surface area (Å²) in [6.07, 6.45) is -0.875. The van der Waals surface area contributed by atoms with Gasteiger partial charge in [0.2, 0.25) is 0 Å². The molecule has 0 aliphatic carbocycles. The van der Waals surface area contributed by atoms with Crippen molar-refractivity contribution in [2.45, 2.75) is 38.8 Å². The normalized spacial score (nSPS) is 17.1. The summed E-state index contributed by atoms with van der Waals surface area (Å²) >= 11 is 1.51. The SMILES string of the molecule is Cc1ncsc1CNC(=O)NC1CCN(CC(F)F)CC1. The van der Waals surface area contributed by atoms with Crippen LogP contribution in [0.15, 0.2) is 5.51 Å². The van der Waals surface area contributed by atoms with Crippen molar-refractivity contribution in [1.29, 1.82) is 0 Å². The Kier molecular flexibility index (Phi) is 5.86. The van der Waals surface area contributed by atoms with E-state index in [4.69, 9.17) is 0 Å². The average Bonchev–Trinajstić information content (AvgIpc) is 2.84. The minimum atomic E-state index is -2.29. The first-order chi connectivity index (χ1) is 10.0. The summed E-state index contributed by atoms with van der Waals surface area (Å²) in [5.74, 6) is 0. The summed E-state index contributed by atoms with van der Waals surface area (Å²) in [6.45, 7) is 3.40. The summed E-state index contributed by atoms with van der Waals surface area (Å²) in [6, 6.07) is -0.156. The molecular formula is C13H20F2N4OS. The Morgan fingerprint density at radius 2 is 2.24 bits per heavy atom. The molecule has 2 rings (SSSR count). The molecule has 1 aromatic rings. The number of carbonyl (C=O) groups excluding carboxylic acids is 1. The Hall–Kier alpha value is -1.28. The zero-order valence-electron chi connectivity index (χ0n) is 11.9. The number of halogens is 2. The summed E-state index contributed by atoms with van der Waals surface area (Å²) in [5.41, 5.74) is 2.68. The highest BCUT2D eigenvalue weighted by atomic mass is 32.1. The number of rotatable bonds is 5. The summed E-state index contributed by atoms with van der Waals surface area (Å²) in [4.78, 5) is 18.7. The highest BCUT2D eigenvalue weighted by Crippen LogP contribution is 2.13.